The van der Waals surface area contributed by atoms with Crippen LogP contribution >= 0.6 is 0 Å². The molecule has 2 aliphatic heterocycles. The van der Waals surface area contributed by atoms with Crippen LogP contribution in [0.5, 0.6) is 0 Å². The van der Waals surface area contributed by atoms with Gasteiger partial charge in [0.1, 0.15) is 5.82 Å². The van der Waals surface area contributed by atoms with Crippen molar-refractivity contribution in [2.24, 2.45) is 16.6 Å². The minimum atomic E-state index is -0.214. The Labute approximate surface area is 143 Å². The van der Waals surface area contributed by atoms with Crippen LogP contribution in [0.3, 0.4) is 0 Å². The van der Waals surface area contributed by atoms with Crippen molar-refractivity contribution in [3.63, 3.8) is 0 Å². The number of aliphatic imine (C=N–C) groups is 1. The number of fused-ring (bicyclic) bond motifs is 1. The number of imidazole rings is 1. The maximum Gasteiger partial charge on any atom is 0.217 e. The maximum atomic E-state index is 11.2. The number of nitrogens with one attached hydrogen (secondary N) is 1. The van der Waals surface area contributed by atoms with Crippen LogP contribution in [-0.2, 0) is 24.3 Å². The lowest BCUT2D eigenvalue weighted by Crippen LogP contribution is -2.46. The Morgan fingerprint density at radius 2 is 2.29 bits per heavy atom. The fourth-order valence-corrected chi connectivity index (χ4v) is 3.77. The molecule has 1 aromatic rings. The highest BCUT2D eigenvalue weighted by Gasteiger charge is 2.23. The van der Waals surface area contributed by atoms with Gasteiger partial charge < -0.3 is 20.5 Å². The smallest absolute Gasteiger partial charge is 0.217 e. The van der Waals surface area contributed by atoms with Gasteiger partial charge in [-0.3, -0.25) is 9.79 Å². The summed E-state index contributed by atoms with van der Waals surface area (Å²) in [6.45, 7) is 3.57. The van der Waals surface area contributed by atoms with Gasteiger partial charge in [-0.2, -0.15) is 0 Å². The molecule has 1 saturated heterocycles. The summed E-state index contributed by atoms with van der Waals surface area (Å²) in [4.78, 5) is 22.5. The number of amides is 1. The zero-order valence-corrected chi connectivity index (χ0v) is 14.5. The van der Waals surface area contributed by atoms with E-state index in [1.54, 1.807) is 7.05 Å². The lowest BCUT2D eigenvalue weighted by atomic mass is 9.95. The van der Waals surface area contributed by atoms with E-state index in [9.17, 15) is 4.79 Å². The number of carbonyl (C=O) groups is 1. The van der Waals surface area contributed by atoms with E-state index in [1.807, 2.05) is 0 Å². The lowest BCUT2D eigenvalue weighted by molar-refractivity contribution is -0.119. The Hall–Kier alpha value is -2.05. The number of nitrogens with zero attached hydrogens (tertiary/aromatic N) is 4. The van der Waals surface area contributed by atoms with E-state index in [0.29, 0.717) is 18.9 Å². The molecule has 2 aliphatic rings. The summed E-state index contributed by atoms with van der Waals surface area (Å²) in [5.41, 5.74) is 6.41. The van der Waals surface area contributed by atoms with E-state index in [1.165, 1.54) is 18.7 Å². The Morgan fingerprint density at radius 1 is 1.42 bits per heavy atom. The van der Waals surface area contributed by atoms with E-state index < -0.39 is 0 Å². The Bertz CT molecular complexity index is 585. The standard InChI is InChI=1S/C17H28N6O/c1-19-17(23-8-4-5-13(11-23)9-15(18)24)20-10-14-12-22-7-3-2-6-16(22)21-14/h12-13H,2-11H2,1H3,(H2,18,24)(H,19,20). The SMILES string of the molecule is CN=C(NCc1cn2c(n1)CCCC2)N1CCCC(CC(N)=O)C1. The van der Waals surface area contributed by atoms with E-state index >= 15 is 0 Å². The summed E-state index contributed by atoms with van der Waals surface area (Å²) < 4.78 is 2.27. The topological polar surface area (TPSA) is 88.5 Å². The van der Waals surface area contributed by atoms with Crippen LogP contribution in [0.1, 0.15) is 43.6 Å². The molecule has 24 heavy (non-hydrogen) atoms. The average Bonchev–Trinajstić information content (AvgIpc) is 2.98. The summed E-state index contributed by atoms with van der Waals surface area (Å²) in [7, 11) is 1.80. The monoisotopic (exact) mass is 332 g/mol. The van der Waals surface area contributed by atoms with Crippen molar-refractivity contribution in [2.45, 2.75) is 51.6 Å². The zero-order valence-electron chi connectivity index (χ0n) is 14.5. The maximum absolute atomic E-state index is 11.2. The van der Waals surface area contributed by atoms with Gasteiger partial charge in [0.2, 0.25) is 5.91 Å². The second-order valence-electron chi connectivity index (χ2n) is 6.82. The first-order chi connectivity index (χ1) is 11.7. The normalized spacial score (nSPS) is 21.5. The number of aryl methyl sites for hydroxylation is 2. The molecule has 0 aromatic carbocycles. The predicted octanol–water partition coefficient (Wildman–Crippen LogP) is 0.882. The van der Waals surface area contributed by atoms with Crippen molar-refractivity contribution >= 4 is 11.9 Å². The van der Waals surface area contributed by atoms with Crippen molar-refractivity contribution in [3.8, 4) is 0 Å². The van der Waals surface area contributed by atoms with E-state index in [4.69, 9.17) is 10.7 Å². The number of piperidine rings is 1. The molecule has 7 nitrogen and oxygen atoms in total. The third-order valence-electron chi connectivity index (χ3n) is 4.91. The van der Waals surface area contributed by atoms with Gasteiger partial charge in [0.15, 0.2) is 5.96 Å². The Morgan fingerprint density at radius 3 is 3.04 bits per heavy atom. The molecule has 1 fully saturated rings. The quantitative estimate of drug-likeness (QED) is 0.633. The van der Waals surface area contributed by atoms with Crippen LogP contribution < -0.4 is 11.1 Å². The molecule has 0 radical (unpaired) electrons. The highest BCUT2D eigenvalue weighted by atomic mass is 16.1. The third-order valence-corrected chi connectivity index (χ3v) is 4.91. The summed E-state index contributed by atoms with van der Waals surface area (Å²) in [6.07, 6.45) is 8.30. The number of aromatic nitrogens is 2. The molecular formula is C17H28N6O. The zero-order chi connectivity index (χ0) is 16.9. The van der Waals surface area contributed by atoms with Gasteiger partial charge in [0, 0.05) is 45.7 Å². The van der Waals surface area contributed by atoms with Crippen molar-refractivity contribution in [2.75, 3.05) is 20.1 Å². The van der Waals surface area contributed by atoms with Crippen molar-refractivity contribution in [3.05, 3.63) is 17.7 Å². The molecule has 0 spiro atoms. The van der Waals surface area contributed by atoms with E-state index in [0.717, 1.165) is 50.6 Å². The van der Waals surface area contributed by atoms with Gasteiger partial charge in [0.05, 0.1) is 12.2 Å². The molecule has 0 aliphatic carbocycles. The molecule has 1 aromatic heterocycles. The number of primary amides is 1. The number of nitrogens with two attached hydrogens (primary N) is 1. The first-order valence-electron chi connectivity index (χ1n) is 8.94. The first kappa shape index (κ1) is 16.8. The highest BCUT2D eigenvalue weighted by molar-refractivity contribution is 5.80. The molecule has 0 saturated carbocycles. The number of carbonyl (C=O) groups excluding carboxylic acids is 1. The van der Waals surface area contributed by atoms with Gasteiger partial charge >= 0.3 is 0 Å². The largest absolute Gasteiger partial charge is 0.370 e. The fraction of sp³-hybridized carbons (Fsp3) is 0.706. The molecule has 7 heteroatoms. The van der Waals surface area contributed by atoms with Gasteiger partial charge in [-0.15, -0.1) is 0 Å². The molecule has 3 rings (SSSR count). The number of rotatable bonds is 4. The van der Waals surface area contributed by atoms with Crippen molar-refractivity contribution < 1.29 is 4.79 Å². The number of guanidine groups is 1. The van der Waals surface area contributed by atoms with Crippen LogP contribution in [0.15, 0.2) is 11.2 Å². The second kappa shape index (κ2) is 7.68. The summed E-state index contributed by atoms with van der Waals surface area (Å²) in [5, 5.41) is 3.42. The summed E-state index contributed by atoms with van der Waals surface area (Å²) in [5.74, 6) is 2.20. The minimum absolute atomic E-state index is 0.214. The second-order valence-corrected chi connectivity index (χ2v) is 6.82. The summed E-state index contributed by atoms with van der Waals surface area (Å²) >= 11 is 0. The molecular weight excluding hydrogens is 304 g/mol. The number of hydrogen-bond donors (Lipinski definition) is 2. The van der Waals surface area contributed by atoms with Crippen molar-refractivity contribution in [1.29, 1.82) is 0 Å². The fourth-order valence-electron chi connectivity index (χ4n) is 3.77. The lowest BCUT2D eigenvalue weighted by Gasteiger charge is -2.34. The van der Waals surface area contributed by atoms with Crippen LogP contribution in [0.4, 0.5) is 0 Å². The Kier molecular flexibility index (Phi) is 5.37. The molecule has 1 amide bonds. The summed E-state index contributed by atoms with van der Waals surface area (Å²) in [6, 6.07) is 0. The average molecular weight is 332 g/mol. The van der Waals surface area contributed by atoms with Crippen LogP contribution in [-0.4, -0.2) is 46.5 Å². The van der Waals surface area contributed by atoms with Crippen LogP contribution in [0.25, 0.3) is 0 Å². The van der Waals surface area contributed by atoms with Gasteiger partial charge in [0.25, 0.3) is 0 Å². The van der Waals surface area contributed by atoms with Gasteiger partial charge in [-0.25, -0.2) is 4.98 Å². The van der Waals surface area contributed by atoms with Gasteiger partial charge in [-0.1, -0.05) is 0 Å². The molecule has 3 heterocycles. The van der Waals surface area contributed by atoms with E-state index in [-0.39, 0.29) is 5.91 Å². The molecule has 0 bridgehead atoms. The van der Waals surface area contributed by atoms with E-state index in [2.05, 4.69) is 26.0 Å². The first-order valence-corrected chi connectivity index (χ1v) is 8.94. The highest BCUT2D eigenvalue weighted by Crippen LogP contribution is 2.19. The van der Waals surface area contributed by atoms with Crippen LogP contribution in [0.2, 0.25) is 0 Å². The van der Waals surface area contributed by atoms with Gasteiger partial charge in [-0.05, 0) is 31.6 Å². The predicted molar refractivity (Wildman–Crippen MR) is 93.5 cm³/mol. The molecule has 1 unspecified atom stereocenters. The molecule has 3 N–H and O–H groups in total. The molecule has 1 atom stereocenters. The van der Waals surface area contributed by atoms with Crippen molar-refractivity contribution in [1.82, 2.24) is 19.8 Å². The number of likely N-dealkylation sites (tertiary alicyclic amines) is 1. The third kappa shape index (κ3) is 4.07. The number of hydrogen-bond acceptors (Lipinski definition) is 3. The Balaban J connectivity index is 1.56. The van der Waals surface area contributed by atoms with Crippen LogP contribution in [0, 0.1) is 5.92 Å². The minimum Gasteiger partial charge on any atom is -0.370 e. The molecule has 132 valence electrons.